The topological polar surface area (TPSA) is 30.8 Å². The van der Waals surface area contributed by atoms with Gasteiger partial charge in [-0.3, -0.25) is 0 Å². The van der Waals surface area contributed by atoms with E-state index < -0.39 is 0 Å². The number of rotatable bonds is 1. The monoisotopic (exact) mass is 301 g/mol. The molecule has 0 N–H and O–H groups in total. The van der Waals surface area contributed by atoms with Crippen molar-refractivity contribution >= 4 is 18.0 Å². The quantitative estimate of drug-likeness (QED) is 0.778. The summed E-state index contributed by atoms with van der Waals surface area (Å²) in [4.78, 5) is 4.10. The SMILES string of the molecule is Clc1ccc(C2COC3=C(CCC4OC=NC=C34)C2)cc1. The number of ether oxygens (including phenoxy) is 2. The highest BCUT2D eigenvalue weighted by atomic mass is 35.5. The Morgan fingerprint density at radius 2 is 2.05 bits per heavy atom. The first-order chi connectivity index (χ1) is 10.3. The minimum atomic E-state index is 0.119. The Kier molecular flexibility index (Phi) is 3.23. The molecule has 3 nitrogen and oxygen atoms in total. The lowest BCUT2D eigenvalue weighted by Gasteiger charge is -2.35. The molecule has 0 radical (unpaired) electrons. The van der Waals surface area contributed by atoms with Crippen molar-refractivity contribution in [1.82, 2.24) is 0 Å². The van der Waals surface area contributed by atoms with E-state index in [1.54, 1.807) is 0 Å². The number of hydrogen-bond acceptors (Lipinski definition) is 3. The highest BCUT2D eigenvalue weighted by Crippen LogP contribution is 2.42. The van der Waals surface area contributed by atoms with E-state index in [1.807, 2.05) is 18.3 Å². The summed E-state index contributed by atoms with van der Waals surface area (Å²) in [5, 5.41) is 0.776. The number of halogens is 1. The van der Waals surface area contributed by atoms with E-state index >= 15 is 0 Å². The minimum absolute atomic E-state index is 0.119. The van der Waals surface area contributed by atoms with Gasteiger partial charge in [0.1, 0.15) is 11.9 Å². The lowest BCUT2D eigenvalue weighted by atomic mass is 9.82. The fraction of sp³-hybridized carbons (Fsp3) is 0.353. The van der Waals surface area contributed by atoms with Crippen molar-refractivity contribution in [2.75, 3.05) is 6.61 Å². The fourth-order valence-electron chi connectivity index (χ4n) is 3.30. The number of hydrogen-bond donors (Lipinski definition) is 0. The zero-order valence-electron chi connectivity index (χ0n) is 11.6. The number of allylic oxidation sites excluding steroid dienone is 1. The zero-order valence-corrected chi connectivity index (χ0v) is 12.3. The lowest BCUT2D eigenvalue weighted by molar-refractivity contribution is 0.136. The van der Waals surface area contributed by atoms with Gasteiger partial charge < -0.3 is 9.47 Å². The molecule has 4 rings (SSSR count). The van der Waals surface area contributed by atoms with Gasteiger partial charge in [-0.25, -0.2) is 4.99 Å². The zero-order chi connectivity index (χ0) is 14.2. The first-order valence-corrected chi connectivity index (χ1v) is 7.67. The Bertz CT molecular complexity index is 645. The van der Waals surface area contributed by atoms with Crippen LogP contribution >= 0.6 is 11.6 Å². The predicted octanol–water partition coefficient (Wildman–Crippen LogP) is 4.20. The average molecular weight is 302 g/mol. The molecule has 0 saturated heterocycles. The van der Waals surface area contributed by atoms with E-state index in [2.05, 4.69) is 17.1 Å². The largest absolute Gasteiger partial charge is 0.492 e. The van der Waals surface area contributed by atoms with Crippen LogP contribution in [0, 0.1) is 0 Å². The summed E-state index contributed by atoms with van der Waals surface area (Å²) in [7, 11) is 0. The van der Waals surface area contributed by atoms with Crippen molar-refractivity contribution in [3.8, 4) is 0 Å². The summed E-state index contributed by atoms with van der Waals surface area (Å²) >= 11 is 5.96. The fourth-order valence-corrected chi connectivity index (χ4v) is 3.42. The molecule has 0 saturated carbocycles. The minimum Gasteiger partial charge on any atom is -0.492 e. The summed E-state index contributed by atoms with van der Waals surface area (Å²) < 4.78 is 11.6. The summed E-state index contributed by atoms with van der Waals surface area (Å²) in [5.74, 6) is 1.43. The average Bonchev–Trinajstić information content (AvgIpc) is 2.55. The van der Waals surface area contributed by atoms with Crippen LogP contribution in [0.4, 0.5) is 0 Å². The van der Waals surface area contributed by atoms with Crippen LogP contribution in [0.5, 0.6) is 0 Å². The van der Waals surface area contributed by atoms with E-state index in [9.17, 15) is 0 Å². The molecule has 2 aliphatic heterocycles. The van der Waals surface area contributed by atoms with Gasteiger partial charge in [-0.05, 0) is 42.5 Å². The Labute approximate surface area is 128 Å². The molecule has 4 heteroatoms. The highest BCUT2D eigenvalue weighted by molar-refractivity contribution is 6.30. The van der Waals surface area contributed by atoms with Crippen LogP contribution < -0.4 is 0 Å². The van der Waals surface area contributed by atoms with E-state index in [1.165, 1.54) is 17.5 Å². The third-order valence-corrected chi connectivity index (χ3v) is 4.65. The van der Waals surface area contributed by atoms with Crippen LogP contribution in [-0.4, -0.2) is 19.1 Å². The van der Waals surface area contributed by atoms with Crippen molar-refractivity contribution in [1.29, 1.82) is 0 Å². The normalized spacial score (nSPS) is 27.2. The molecule has 1 aromatic rings. The van der Waals surface area contributed by atoms with Crippen LogP contribution in [0.3, 0.4) is 0 Å². The highest BCUT2D eigenvalue weighted by Gasteiger charge is 2.34. The maximum atomic E-state index is 6.07. The van der Waals surface area contributed by atoms with Gasteiger partial charge in [-0.15, -0.1) is 0 Å². The number of aliphatic imine (C=N–C) groups is 1. The molecule has 0 fully saturated rings. The Morgan fingerprint density at radius 3 is 2.90 bits per heavy atom. The van der Waals surface area contributed by atoms with E-state index in [-0.39, 0.29) is 6.10 Å². The Balaban J connectivity index is 1.61. The summed E-state index contributed by atoms with van der Waals surface area (Å²) in [6.45, 7) is 0.703. The first-order valence-electron chi connectivity index (χ1n) is 7.29. The van der Waals surface area contributed by atoms with Crippen LogP contribution in [-0.2, 0) is 9.47 Å². The molecular weight excluding hydrogens is 286 g/mol. The Hall–Kier alpha value is -1.74. The standard InChI is InChI=1S/C17H16ClNO2/c18-14-4-1-11(2-5-14)13-7-12-3-6-16-15(8-19-10-21-16)17(12)20-9-13/h1-2,4-5,8,10,13,16H,3,6-7,9H2. The van der Waals surface area contributed by atoms with E-state index in [0.717, 1.165) is 35.6 Å². The molecule has 3 aliphatic rings. The molecule has 1 aromatic carbocycles. The number of benzene rings is 1. The van der Waals surface area contributed by atoms with Crippen molar-refractivity contribution in [3.63, 3.8) is 0 Å². The van der Waals surface area contributed by atoms with Gasteiger partial charge in [0.25, 0.3) is 0 Å². The molecule has 2 unspecified atom stereocenters. The second-order valence-corrected chi connectivity index (χ2v) is 6.14. The molecule has 108 valence electrons. The van der Waals surface area contributed by atoms with Crippen molar-refractivity contribution in [2.24, 2.45) is 4.99 Å². The van der Waals surface area contributed by atoms with E-state index in [4.69, 9.17) is 21.1 Å². The summed E-state index contributed by atoms with van der Waals surface area (Å²) in [6, 6.07) is 8.09. The lowest BCUT2D eigenvalue weighted by Crippen LogP contribution is -2.29. The molecule has 1 aliphatic carbocycles. The molecule has 0 spiro atoms. The second kappa shape index (κ2) is 5.23. The summed E-state index contributed by atoms with van der Waals surface area (Å²) in [6.07, 6.45) is 6.62. The summed E-state index contributed by atoms with van der Waals surface area (Å²) in [5.41, 5.74) is 3.79. The number of nitrogens with zero attached hydrogens (tertiary/aromatic N) is 1. The predicted molar refractivity (Wildman–Crippen MR) is 82.5 cm³/mol. The van der Waals surface area contributed by atoms with Crippen molar-refractivity contribution in [2.45, 2.75) is 31.3 Å². The molecule has 0 amide bonds. The van der Waals surface area contributed by atoms with Crippen molar-refractivity contribution < 1.29 is 9.47 Å². The third kappa shape index (κ3) is 2.36. The molecule has 0 bridgehead atoms. The van der Waals surface area contributed by atoms with Crippen LogP contribution in [0.1, 0.15) is 30.7 Å². The van der Waals surface area contributed by atoms with Gasteiger partial charge in [0.2, 0.25) is 0 Å². The smallest absolute Gasteiger partial charge is 0.174 e. The van der Waals surface area contributed by atoms with Gasteiger partial charge in [-0.1, -0.05) is 23.7 Å². The first kappa shape index (κ1) is 13.0. The molecule has 2 atom stereocenters. The van der Waals surface area contributed by atoms with Gasteiger partial charge >= 0.3 is 0 Å². The maximum absolute atomic E-state index is 6.07. The van der Waals surface area contributed by atoms with Gasteiger partial charge in [0.15, 0.2) is 6.40 Å². The van der Waals surface area contributed by atoms with E-state index in [0.29, 0.717) is 12.5 Å². The van der Waals surface area contributed by atoms with Gasteiger partial charge in [-0.2, -0.15) is 0 Å². The molecular formula is C17H16ClNO2. The van der Waals surface area contributed by atoms with Gasteiger partial charge in [0, 0.05) is 17.1 Å². The Morgan fingerprint density at radius 1 is 1.19 bits per heavy atom. The second-order valence-electron chi connectivity index (χ2n) is 5.70. The molecule has 0 aromatic heterocycles. The number of fused-ring (bicyclic) bond motifs is 2. The molecule has 21 heavy (non-hydrogen) atoms. The van der Waals surface area contributed by atoms with Crippen LogP contribution in [0.25, 0.3) is 0 Å². The maximum Gasteiger partial charge on any atom is 0.174 e. The van der Waals surface area contributed by atoms with Crippen molar-refractivity contribution in [3.05, 3.63) is 58.0 Å². The van der Waals surface area contributed by atoms with Gasteiger partial charge in [0.05, 0.1) is 12.2 Å². The third-order valence-electron chi connectivity index (χ3n) is 4.40. The van der Waals surface area contributed by atoms with Crippen LogP contribution in [0.2, 0.25) is 5.02 Å². The molecule has 2 heterocycles. The van der Waals surface area contributed by atoms with Crippen LogP contribution in [0.15, 0.2) is 52.4 Å².